The Kier molecular flexibility index (Phi) is 6.31. The summed E-state index contributed by atoms with van der Waals surface area (Å²) in [6.07, 6.45) is 2.95. The summed E-state index contributed by atoms with van der Waals surface area (Å²) in [4.78, 5) is 24.0. The fourth-order valence-corrected chi connectivity index (χ4v) is 4.53. The molecule has 2 fully saturated rings. The van der Waals surface area contributed by atoms with Gasteiger partial charge in [0, 0.05) is 19.0 Å². The van der Waals surface area contributed by atoms with Crippen LogP contribution in [-0.2, 0) is 24.3 Å². The zero-order chi connectivity index (χ0) is 20.1. The van der Waals surface area contributed by atoms with Crippen molar-refractivity contribution < 1.29 is 22.7 Å². The second-order valence-electron chi connectivity index (χ2n) is 7.16. The Morgan fingerprint density at radius 1 is 1.14 bits per heavy atom. The van der Waals surface area contributed by atoms with E-state index in [9.17, 15) is 18.0 Å². The fourth-order valence-electron chi connectivity index (χ4n) is 3.06. The lowest BCUT2D eigenvalue weighted by atomic mass is 9.97. The molecule has 1 amide bonds. The number of carbonyl (C=O) groups is 2. The lowest BCUT2D eigenvalue weighted by Crippen LogP contribution is -2.44. The minimum Gasteiger partial charge on any atom is -0.464 e. The first-order valence-corrected chi connectivity index (χ1v) is 10.8. The molecule has 1 N–H and O–H groups in total. The summed E-state index contributed by atoms with van der Waals surface area (Å²) in [5.41, 5.74) is 0.394. The Bertz CT molecular complexity index is 864. The van der Waals surface area contributed by atoms with Gasteiger partial charge >= 0.3 is 5.97 Å². The number of benzene rings is 1. The van der Waals surface area contributed by atoms with E-state index >= 15 is 0 Å². The molecule has 28 heavy (non-hydrogen) atoms. The molecule has 1 aliphatic heterocycles. The summed E-state index contributed by atoms with van der Waals surface area (Å²) >= 11 is 0. The van der Waals surface area contributed by atoms with Crippen LogP contribution >= 0.6 is 0 Å². The molecule has 0 atom stereocenters. The van der Waals surface area contributed by atoms with Gasteiger partial charge in [-0.2, -0.15) is 9.57 Å². The van der Waals surface area contributed by atoms with Crippen LogP contribution in [-0.4, -0.2) is 50.8 Å². The third-order valence-electron chi connectivity index (χ3n) is 5.03. The van der Waals surface area contributed by atoms with Crippen LogP contribution in [0.25, 0.3) is 0 Å². The summed E-state index contributed by atoms with van der Waals surface area (Å²) in [5.74, 6) is -0.550. The van der Waals surface area contributed by atoms with Crippen LogP contribution in [0.4, 0.5) is 0 Å². The maximum atomic E-state index is 12.7. The van der Waals surface area contributed by atoms with Crippen molar-refractivity contribution in [1.82, 2.24) is 9.62 Å². The Labute approximate surface area is 164 Å². The molecule has 150 valence electrons. The molecule has 1 aromatic rings. The molecule has 0 spiro atoms. The molecule has 1 aromatic carbocycles. The van der Waals surface area contributed by atoms with Gasteiger partial charge in [0.1, 0.15) is 6.54 Å². The number of esters is 1. The number of nitrogens with zero attached hydrogens (tertiary/aromatic N) is 2. The first-order valence-electron chi connectivity index (χ1n) is 9.34. The highest BCUT2D eigenvalue weighted by Gasteiger charge is 2.32. The van der Waals surface area contributed by atoms with Gasteiger partial charge in [0.25, 0.3) is 0 Å². The monoisotopic (exact) mass is 405 g/mol. The predicted octanol–water partition coefficient (Wildman–Crippen LogP) is 1.03. The van der Waals surface area contributed by atoms with Crippen molar-refractivity contribution in [3.63, 3.8) is 0 Å². The van der Waals surface area contributed by atoms with E-state index < -0.39 is 16.0 Å². The first kappa shape index (κ1) is 20.3. The van der Waals surface area contributed by atoms with Crippen molar-refractivity contribution in [2.24, 2.45) is 11.8 Å². The molecule has 0 aromatic heterocycles. The number of piperidine rings is 1. The summed E-state index contributed by atoms with van der Waals surface area (Å²) in [7, 11) is -3.65. The van der Waals surface area contributed by atoms with Crippen LogP contribution in [0.1, 0.15) is 31.2 Å². The number of hydrogen-bond acceptors (Lipinski definition) is 6. The molecule has 0 bridgehead atoms. The molecule has 0 radical (unpaired) electrons. The van der Waals surface area contributed by atoms with Crippen molar-refractivity contribution in [2.75, 3.05) is 26.2 Å². The number of amides is 1. The normalized spacial score (nSPS) is 18.2. The van der Waals surface area contributed by atoms with Crippen LogP contribution in [0.3, 0.4) is 0 Å². The number of carbonyl (C=O) groups excluding carboxylic acids is 2. The third kappa shape index (κ3) is 5.09. The predicted molar refractivity (Wildman–Crippen MR) is 99.3 cm³/mol. The molecule has 2 aliphatic rings. The zero-order valence-electron chi connectivity index (χ0n) is 15.5. The molecule has 1 saturated heterocycles. The van der Waals surface area contributed by atoms with E-state index in [1.807, 2.05) is 6.07 Å². The van der Waals surface area contributed by atoms with Gasteiger partial charge in [-0.3, -0.25) is 9.59 Å². The Balaban J connectivity index is 1.46. The van der Waals surface area contributed by atoms with E-state index in [-0.39, 0.29) is 36.4 Å². The number of sulfonamides is 1. The highest BCUT2D eigenvalue weighted by Crippen LogP contribution is 2.28. The maximum Gasteiger partial charge on any atom is 0.325 e. The summed E-state index contributed by atoms with van der Waals surface area (Å²) < 4.78 is 31.8. The second-order valence-corrected chi connectivity index (χ2v) is 9.10. The first-order chi connectivity index (χ1) is 13.4. The lowest BCUT2D eigenvalue weighted by Gasteiger charge is -2.30. The van der Waals surface area contributed by atoms with E-state index in [0.717, 1.165) is 12.8 Å². The summed E-state index contributed by atoms with van der Waals surface area (Å²) in [6, 6.07) is 7.72. The van der Waals surface area contributed by atoms with Crippen LogP contribution in [0.15, 0.2) is 29.2 Å². The number of hydrogen-bond donors (Lipinski definition) is 1. The molecule has 0 unspecified atom stereocenters. The molecule has 1 heterocycles. The van der Waals surface area contributed by atoms with Crippen molar-refractivity contribution >= 4 is 21.9 Å². The van der Waals surface area contributed by atoms with E-state index in [0.29, 0.717) is 30.9 Å². The van der Waals surface area contributed by atoms with Gasteiger partial charge in [0.15, 0.2) is 0 Å². The average molecular weight is 405 g/mol. The van der Waals surface area contributed by atoms with Gasteiger partial charge < -0.3 is 10.1 Å². The summed E-state index contributed by atoms with van der Waals surface area (Å²) in [5, 5.41) is 11.4. The number of ether oxygens (including phenoxy) is 1. The Morgan fingerprint density at radius 2 is 1.79 bits per heavy atom. The molecule has 3 rings (SSSR count). The van der Waals surface area contributed by atoms with Gasteiger partial charge in [0.05, 0.1) is 23.1 Å². The van der Waals surface area contributed by atoms with Crippen molar-refractivity contribution in [3.8, 4) is 6.07 Å². The van der Waals surface area contributed by atoms with Gasteiger partial charge in [0.2, 0.25) is 15.9 Å². The molecule has 9 heteroatoms. The van der Waals surface area contributed by atoms with Crippen molar-refractivity contribution in [2.45, 2.75) is 30.6 Å². The smallest absolute Gasteiger partial charge is 0.325 e. The molecular formula is C19H23N3O5S. The van der Waals surface area contributed by atoms with Gasteiger partial charge in [-0.15, -0.1) is 0 Å². The average Bonchev–Trinajstić information content (AvgIpc) is 3.55. The van der Waals surface area contributed by atoms with Crippen LogP contribution in [0, 0.1) is 23.2 Å². The quantitative estimate of drug-likeness (QED) is 0.677. The largest absolute Gasteiger partial charge is 0.464 e. The van der Waals surface area contributed by atoms with E-state index in [1.165, 1.54) is 28.6 Å². The number of rotatable bonds is 7. The van der Waals surface area contributed by atoms with E-state index in [1.54, 1.807) is 0 Å². The third-order valence-corrected chi connectivity index (χ3v) is 6.94. The minimum atomic E-state index is -3.65. The van der Waals surface area contributed by atoms with Gasteiger partial charge in [-0.05, 0) is 55.9 Å². The standard InChI is InChI=1S/C19H23N3O5S/c20-11-14-3-5-17(6-4-14)28(25,26)22-9-7-16(8-10-22)19(24)21-12-18(23)27-13-15-1-2-15/h3-6,15-16H,1-2,7-10,12-13H2,(H,21,24). The molecule has 1 aliphatic carbocycles. The van der Waals surface area contributed by atoms with E-state index in [4.69, 9.17) is 10.00 Å². The molecular weight excluding hydrogens is 382 g/mol. The van der Waals surface area contributed by atoms with Crippen LogP contribution in [0.2, 0.25) is 0 Å². The minimum absolute atomic E-state index is 0.132. The SMILES string of the molecule is N#Cc1ccc(S(=O)(=O)N2CCC(C(=O)NCC(=O)OCC3CC3)CC2)cc1. The topological polar surface area (TPSA) is 117 Å². The lowest BCUT2D eigenvalue weighted by molar-refractivity contribution is -0.144. The van der Waals surface area contributed by atoms with Crippen molar-refractivity contribution in [1.29, 1.82) is 5.26 Å². The van der Waals surface area contributed by atoms with Crippen molar-refractivity contribution in [3.05, 3.63) is 29.8 Å². The number of nitrogens with one attached hydrogen (secondary N) is 1. The molecule has 8 nitrogen and oxygen atoms in total. The van der Waals surface area contributed by atoms with Crippen LogP contribution < -0.4 is 5.32 Å². The maximum absolute atomic E-state index is 12.7. The Morgan fingerprint density at radius 3 is 2.36 bits per heavy atom. The van der Waals surface area contributed by atoms with Gasteiger partial charge in [-0.25, -0.2) is 8.42 Å². The zero-order valence-corrected chi connectivity index (χ0v) is 16.3. The summed E-state index contributed by atoms with van der Waals surface area (Å²) in [6.45, 7) is 0.717. The molecule has 1 saturated carbocycles. The number of nitriles is 1. The van der Waals surface area contributed by atoms with E-state index in [2.05, 4.69) is 5.32 Å². The highest BCUT2D eigenvalue weighted by atomic mass is 32.2. The van der Waals surface area contributed by atoms with Gasteiger partial charge in [-0.1, -0.05) is 0 Å². The Hall–Kier alpha value is -2.44. The van der Waals surface area contributed by atoms with Crippen LogP contribution in [0.5, 0.6) is 0 Å². The second kappa shape index (κ2) is 8.71. The fraction of sp³-hybridized carbons (Fsp3) is 0.526. The highest BCUT2D eigenvalue weighted by molar-refractivity contribution is 7.89.